The van der Waals surface area contributed by atoms with Gasteiger partial charge in [0.2, 0.25) is 0 Å². The van der Waals surface area contributed by atoms with Crippen LogP contribution in [0.5, 0.6) is 0 Å². The standard InChI is InChI=1S/C34H23N5O/c1-2-6-23(7-3-1)30-20-25-10-11-29-32(33(25)40-30)26-8-4-5-9-28(26)39(29)31-21-27(22-12-16-35-17-13-22)37-34(38-31)24-14-18-36-19-15-24/h1-18,20-21,36H,19H2. The molecule has 0 amide bonds. The zero-order valence-corrected chi connectivity index (χ0v) is 21.5. The monoisotopic (exact) mass is 517 g/mol. The molecule has 1 aliphatic rings. The van der Waals surface area contributed by atoms with Crippen molar-refractivity contribution < 1.29 is 4.42 Å². The molecule has 0 radical (unpaired) electrons. The first kappa shape index (κ1) is 22.5. The van der Waals surface area contributed by atoms with E-state index in [9.17, 15) is 0 Å². The fourth-order valence-corrected chi connectivity index (χ4v) is 5.51. The molecular weight excluding hydrogens is 494 g/mol. The third kappa shape index (κ3) is 3.61. The molecule has 0 saturated heterocycles. The second kappa shape index (κ2) is 9.06. The van der Waals surface area contributed by atoms with Gasteiger partial charge in [0, 0.05) is 52.5 Å². The third-order valence-corrected chi connectivity index (χ3v) is 7.37. The molecule has 0 bridgehead atoms. The largest absolute Gasteiger partial charge is 0.455 e. The number of benzene rings is 3. The van der Waals surface area contributed by atoms with Crippen molar-refractivity contribution >= 4 is 38.3 Å². The van der Waals surface area contributed by atoms with Gasteiger partial charge < -0.3 is 9.73 Å². The number of hydrogen-bond donors (Lipinski definition) is 1. The first-order valence-electron chi connectivity index (χ1n) is 13.2. The summed E-state index contributed by atoms with van der Waals surface area (Å²) in [5.74, 6) is 2.33. The minimum Gasteiger partial charge on any atom is -0.455 e. The fourth-order valence-electron chi connectivity index (χ4n) is 5.51. The highest BCUT2D eigenvalue weighted by atomic mass is 16.3. The van der Waals surface area contributed by atoms with Crippen molar-refractivity contribution in [1.82, 2.24) is 24.8 Å². The lowest BCUT2D eigenvalue weighted by Crippen LogP contribution is -2.10. The quantitative estimate of drug-likeness (QED) is 0.261. The van der Waals surface area contributed by atoms with Crippen LogP contribution in [0.2, 0.25) is 0 Å². The van der Waals surface area contributed by atoms with E-state index in [1.807, 2.05) is 42.6 Å². The van der Waals surface area contributed by atoms with Crippen molar-refractivity contribution in [2.75, 3.05) is 6.54 Å². The maximum Gasteiger partial charge on any atom is 0.161 e. The van der Waals surface area contributed by atoms with E-state index < -0.39 is 0 Å². The van der Waals surface area contributed by atoms with Crippen LogP contribution in [0, 0.1) is 0 Å². The summed E-state index contributed by atoms with van der Waals surface area (Å²) in [7, 11) is 0. The van der Waals surface area contributed by atoms with Crippen molar-refractivity contribution in [3.8, 4) is 28.4 Å². The summed E-state index contributed by atoms with van der Waals surface area (Å²) in [6.45, 7) is 0.736. The molecule has 5 heterocycles. The normalized spacial score (nSPS) is 13.2. The Kier molecular flexibility index (Phi) is 5.10. The smallest absolute Gasteiger partial charge is 0.161 e. The number of fused-ring (bicyclic) bond motifs is 5. The minimum absolute atomic E-state index is 0.679. The zero-order chi connectivity index (χ0) is 26.5. The second-order valence-electron chi connectivity index (χ2n) is 9.78. The Morgan fingerprint density at radius 3 is 2.48 bits per heavy atom. The van der Waals surface area contributed by atoms with Gasteiger partial charge in [-0.2, -0.15) is 0 Å². The number of para-hydroxylation sites is 1. The van der Waals surface area contributed by atoms with Crippen LogP contribution in [-0.2, 0) is 0 Å². The SMILES string of the molecule is C1=CC(c2nc(-c3ccncc3)cc(-n3c4ccccc4c4c5oc(-c6ccccc6)cc5ccc43)n2)=CCN1. The molecule has 3 aromatic carbocycles. The molecule has 6 nitrogen and oxygen atoms in total. The fraction of sp³-hybridized carbons (Fsp3) is 0.0294. The van der Waals surface area contributed by atoms with Gasteiger partial charge in [0.1, 0.15) is 17.2 Å². The highest BCUT2D eigenvalue weighted by molar-refractivity contribution is 6.20. The predicted octanol–water partition coefficient (Wildman–Crippen LogP) is 7.55. The highest BCUT2D eigenvalue weighted by Gasteiger charge is 2.20. The number of nitrogens with one attached hydrogen (secondary N) is 1. The van der Waals surface area contributed by atoms with Gasteiger partial charge in [-0.1, -0.05) is 54.6 Å². The van der Waals surface area contributed by atoms with Gasteiger partial charge in [-0.25, -0.2) is 9.97 Å². The van der Waals surface area contributed by atoms with Crippen LogP contribution in [-0.4, -0.2) is 26.1 Å². The van der Waals surface area contributed by atoms with Gasteiger partial charge in [0.25, 0.3) is 0 Å². The van der Waals surface area contributed by atoms with E-state index in [0.29, 0.717) is 5.82 Å². The average Bonchev–Trinajstić information content (AvgIpc) is 3.62. The summed E-state index contributed by atoms with van der Waals surface area (Å²) in [5.41, 5.74) is 6.83. The van der Waals surface area contributed by atoms with E-state index in [4.69, 9.17) is 14.4 Å². The molecule has 190 valence electrons. The van der Waals surface area contributed by atoms with Crippen LogP contribution < -0.4 is 5.32 Å². The summed E-state index contributed by atoms with van der Waals surface area (Å²) in [6.07, 6.45) is 9.65. The van der Waals surface area contributed by atoms with Crippen LogP contribution in [0.15, 0.2) is 126 Å². The minimum atomic E-state index is 0.679. The molecule has 4 aromatic heterocycles. The van der Waals surface area contributed by atoms with Crippen LogP contribution in [0.3, 0.4) is 0 Å². The van der Waals surface area contributed by atoms with Crippen LogP contribution in [0.4, 0.5) is 0 Å². The van der Waals surface area contributed by atoms with Crippen LogP contribution in [0.1, 0.15) is 5.82 Å². The lowest BCUT2D eigenvalue weighted by Gasteiger charge is -2.13. The van der Waals surface area contributed by atoms with Gasteiger partial charge in [0.15, 0.2) is 5.82 Å². The Hall–Kier alpha value is -5.49. The average molecular weight is 518 g/mol. The molecule has 1 N–H and O–H groups in total. The Bertz CT molecular complexity index is 2100. The molecule has 0 saturated carbocycles. The lowest BCUT2D eigenvalue weighted by atomic mass is 10.1. The number of rotatable bonds is 4. The van der Waals surface area contributed by atoms with E-state index in [1.165, 1.54) is 0 Å². The number of aromatic nitrogens is 4. The van der Waals surface area contributed by atoms with Gasteiger partial charge >= 0.3 is 0 Å². The van der Waals surface area contributed by atoms with Gasteiger partial charge in [0.05, 0.1) is 22.1 Å². The predicted molar refractivity (Wildman–Crippen MR) is 160 cm³/mol. The van der Waals surface area contributed by atoms with Crippen molar-refractivity contribution in [2.24, 2.45) is 0 Å². The summed E-state index contributed by atoms with van der Waals surface area (Å²) < 4.78 is 8.78. The Morgan fingerprint density at radius 1 is 0.775 bits per heavy atom. The van der Waals surface area contributed by atoms with Gasteiger partial charge in [-0.3, -0.25) is 9.55 Å². The Morgan fingerprint density at radius 2 is 1.62 bits per heavy atom. The second-order valence-corrected chi connectivity index (χ2v) is 9.78. The van der Waals surface area contributed by atoms with Crippen molar-refractivity contribution in [3.05, 3.63) is 128 Å². The molecule has 0 spiro atoms. The number of pyridine rings is 1. The molecule has 40 heavy (non-hydrogen) atoms. The molecule has 6 heteroatoms. The first-order valence-corrected chi connectivity index (χ1v) is 13.2. The maximum atomic E-state index is 6.56. The summed E-state index contributed by atoms with van der Waals surface area (Å²) in [4.78, 5) is 14.3. The molecule has 0 atom stereocenters. The van der Waals surface area contributed by atoms with E-state index >= 15 is 0 Å². The third-order valence-electron chi connectivity index (χ3n) is 7.37. The van der Waals surface area contributed by atoms with E-state index in [-0.39, 0.29) is 0 Å². The molecule has 0 fully saturated rings. The Labute approximate surface area is 230 Å². The molecule has 7 aromatic rings. The molecular formula is C34H23N5O. The number of furan rings is 1. The molecule has 1 aliphatic heterocycles. The summed E-state index contributed by atoms with van der Waals surface area (Å²) >= 11 is 0. The number of dihydropyridines is 1. The van der Waals surface area contributed by atoms with Gasteiger partial charge in [-0.15, -0.1) is 0 Å². The van der Waals surface area contributed by atoms with E-state index in [1.54, 1.807) is 12.4 Å². The maximum absolute atomic E-state index is 6.56. The number of allylic oxidation sites excluding steroid dienone is 2. The highest BCUT2D eigenvalue weighted by Crippen LogP contribution is 2.39. The zero-order valence-electron chi connectivity index (χ0n) is 21.5. The molecule has 0 unspecified atom stereocenters. The van der Waals surface area contributed by atoms with Gasteiger partial charge in [-0.05, 0) is 48.7 Å². The molecule has 8 rings (SSSR count). The molecule has 0 aliphatic carbocycles. The number of nitrogens with zero attached hydrogens (tertiary/aromatic N) is 4. The summed E-state index contributed by atoms with van der Waals surface area (Å²) in [5, 5.41) is 6.47. The van der Waals surface area contributed by atoms with Crippen molar-refractivity contribution in [3.63, 3.8) is 0 Å². The summed E-state index contributed by atoms with van der Waals surface area (Å²) in [6, 6.07) is 31.1. The van der Waals surface area contributed by atoms with Crippen LogP contribution >= 0.6 is 0 Å². The van der Waals surface area contributed by atoms with Crippen molar-refractivity contribution in [1.29, 1.82) is 0 Å². The van der Waals surface area contributed by atoms with E-state index in [0.717, 1.165) is 73.3 Å². The number of hydrogen-bond acceptors (Lipinski definition) is 5. The van der Waals surface area contributed by atoms with Crippen molar-refractivity contribution in [2.45, 2.75) is 0 Å². The lowest BCUT2D eigenvalue weighted by molar-refractivity contribution is 0.635. The van der Waals surface area contributed by atoms with Crippen LogP contribution in [0.25, 0.3) is 66.7 Å². The first-order chi connectivity index (χ1) is 19.8. The topological polar surface area (TPSA) is 68.8 Å². The van der Waals surface area contributed by atoms with E-state index in [2.05, 4.69) is 81.6 Å². The Balaban J connectivity index is 1.42.